The van der Waals surface area contributed by atoms with Gasteiger partial charge in [-0.05, 0) is 54.1 Å². The zero-order valence-corrected chi connectivity index (χ0v) is 19.4. The Labute approximate surface area is 198 Å². The van der Waals surface area contributed by atoms with E-state index in [0.29, 0.717) is 29.3 Å². The quantitative estimate of drug-likeness (QED) is 0.370. The number of rotatable bonds is 9. The largest absolute Gasteiger partial charge is 0.495 e. The van der Waals surface area contributed by atoms with Crippen LogP contribution in [-0.4, -0.2) is 26.3 Å². The molecule has 1 amide bonds. The Kier molecular flexibility index (Phi) is 6.98. The normalized spacial score (nSPS) is 11.1. The summed E-state index contributed by atoms with van der Waals surface area (Å²) in [4.78, 5) is 15.0. The Balaban J connectivity index is 1.55. The number of para-hydroxylation sites is 2. The van der Waals surface area contributed by atoms with Crippen LogP contribution in [0.2, 0.25) is 0 Å². The van der Waals surface area contributed by atoms with Gasteiger partial charge >= 0.3 is 0 Å². The molecule has 174 valence electrons. The lowest BCUT2D eigenvalue weighted by Crippen LogP contribution is -2.30. The number of carbonyl (C=O) groups is 1. The molecule has 3 aromatic carbocycles. The minimum absolute atomic E-state index is 0.0376. The molecule has 0 unspecified atom stereocenters. The highest BCUT2D eigenvalue weighted by Gasteiger charge is 2.20. The number of hydrogen-bond donors (Lipinski definition) is 1. The van der Waals surface area contributed by atoms with Gasteiger partial charge < -0.3 is 14.1 Å². The molecule has 1 aromatic heterocycles. The van der Waals surface area contributed by atoms with E-state index in [4.69, 9.17) is 9.15 Å². The van der Waals surface area contributed by atoms with Crippen LogP contribution in [0.15, 0.2) is 107 Å². The summed E-state index contributed by atoms with van der Waals surface area (Å²) in [7, 11) is -2.40. The molecule has 34 heavy (non-hydrogen) atoms. The standard InChI is InChI=1S/C26H24N2O5S/c1-32-25-12-6-5-11-24(25)27-34(30,31)23-15-13-21(14-16-23)26(29)28(19-22-10-7-17-33-22)18-20-8-3-2-4-9-20/h2-17,27H,18-19H2,1H3. The molecule has 0 saturated carbocycles. The number of hydrogen-bond acceptors (Lipinski definition) is 5. The summed E-state index contributed by atoms with van der Waals surface area (Å²) in [6, 6.07) is 25.8. The molecule has 7 nitrogen and oxygen atoms in total. The van der Waals surface area contributed by atoms with E-state index in [9.17, 15) is 13.2 Å². The Morgan fingerprint density at radius 1 is 0.882 bits per heavy atom. The third-order valence-corrected chi connectivity index (χ3v) is 6.57. The average Bonchev–Trinajstić information content (AvgIpc) is 3.37. The maximum Gasteiger partial charge on any atom is 0.262 e. The first kappa shape index (κ1) is 23.1. The SMILES string of the molecule is COc1ccccc1NS(=O)(=O)c1ccc(C(=O)N(Cc2ccccc2)Cc2ccco2)cc1. The highest BCUT2D eigenvalue weighted by molar-refractivity contribution is 7.92. The Morgan fingerprint density at radius 2 is 1.59 bits per heavy atom. The van der Waals surface area contributed by atoms with Crippen LogP contribution < -0.4 is 9.46 Å². The second-order valence-corrected chi connectivity index (χ2v) is 9.24. The van der Waals surface area contributed by atoms with E-state index in [2.05, 4.69) is 4.72 Å². The van der Waals surface area contributed by atoms with Crippen molar-refractivity contribution in [2.75, 3.05) is 11.8 Å². The molecule has 0 aliphatic rings. The zero-order valence-electron chi connectivity index (χ0n) is 18.5. The minimum Gasteiger partial charge on any atom is -0.495 e. The van der Waals surface area contributed by atoms with Crippen LogP contribution in [0.4, 0.5) is 5.69 Å². The van der Waals surface area contributed by atoms with Crippen LogP contribution in [-0.2, 0) is 23.1 Å². The van der Waals surface area contributed by atoms with Gasteiger partial charge in [-0.2, -0.15) is 0 Å². The fraction of sp³-hybridized carbons (Fsp3) is 0.115. The van der Waals surface area contributed by atoms with Gasteiger partial charge in [0.25, 0.3) is 15.9 Å². The van der Waals surface area contributed by atoms with Gasteiger partial charge in [0, 0.05) is 12.1 Å². The van der Waals surface area contributed by atoms with Crippen molar-refractivity contribution >= 4 is 21.6 Å². The summed E-state index contributed by atoms with van der Waals surface area (Å²) >= 11 is 0. The number of benzene rings is 3. The topological polar surface area (TPSA) is 88.8 Å². The summed E-state index contributed by atoms with van der Waals surface area (Å²) in [6.07, 6.45) is 1.56. The van der Waals surface area contributed by atoms with Crippen LogP contribution >= 0.6 is 0 Å². The van der Waals surface area contributed by atoms with Crippen LogP contribution in [0.5, 0.6) is 5.75 Å². The molecule has 0 bridgehead atoms. The molecule has 0 aliphatic carbocycles. The molecule has 0 radical (unpaired) electrons. The lowest BCUT2D eigenvalue weighted by Gasteiger charge is -2.22. The van der Waals surface area contributed by atoms with E-state index in [-0.39, 0.29) is 17.3 Å². The van der Waals surface area contributed by atoms with Crippen molar-refractivity contribution in [3.05, 3.63) is 114 Å². The van der Waals surface area contributed by atoms with Gasteiger partial charge in [-0.1, -0.05) is 42.5 Å². The first-order valence-corrected chi connectivity index (χ1v) is 12.1. The summed E-state index contributed by atoms with van der Waals surface area (Å²) in [5.74, 6) is 0.832. The number of sulfonamides is 1. The molecule has 0 spiro atoms. The second-order valence-electron chi connectivity index (χ2n) is 7.56. The first-order valence-electron chi connectivity index (χ1n) is 10.6. The summed E-state index contributed by atoms with van der Waals surface area (Å²) < 4.78 is 38.9. The molecule has 0 atom stereocenters. The van der Waals surface area contributed by atoms with Gasteiger partial charge in [0.1, 0.15) is 11.5 Å². The molecule has 1 heterocycles. The molecular weight excluding hydrogens is 452 g/mol. The molecular formula is C26H24N2O5S. The summed E-state index contributed by atoms with van der Waals surface area (Å²) in [6.45, 7) is 0.673. The number of methoxy groups -OCH3 is 1. The smallest absolute Gasteiger partial charge is 0.262 e. The average molecular weight is 477 g/mol. The molecule has 0 fully saturated rings. The number of nitrogens with zero attached hydrogens (tertiary/aromatic N) is 1. The summed E-state index contributed by atoms with van der Waals surface area (Å²) in [5, 5.41) is 0. The van der Waals surface area contributed by atoms with Crippen molar-refractivity contribution in [1.82, 2.24) is 4.90 Å². The fourth-order valence-corrected chi connectivity index (χ4v) is 4.56. The van der Waals surface area contributed by atoms with Crippen LogP contribution in [0, 0.1) is 0 Å². The van der Waals surface area contributed by atoms with Crippen molar-refractivity contribution in [1.29, 1.82) is 0 Å². The van der Waals surface area contributed by atoms with Gasteiger partial charge in [0.2, 0.25) is 0 Å². The zero-order chi connectivity index (χ0) is 24.0. The number of carbonyl (C=O) groups excluding carboxylic acids is 1. The number of anilines is 1. The van der Waals surface area contributed by atoms with Crippen molar-refractivity contribution < 1.29 is 22.4 Å². The number of nitrogens with one attached hydrogen (secondary N) is 1. The van der Waals surface area contributed by atoms with Gasteiger partial charge in [0.05, 0.1) is 30.5 Å². The van der Waals surface area contributed by atoms with Gasteiger partial charge in [-0.25, -0.2) is 8.42 Å². The van der Waals surface area contributed by atoms with Gasteiger partial charge in [-0.15, -0.1) is 0 Å². The fourth-order valence-electron chi connectivity index (χ4n) is 3.49. The van der Waals surface area contributed by atoms with E-state index in [1.54, 1.807) is 41.5 Å². The van der Waals surface area contributed by atoms with E-state index in [0.717, 1.165) is 5.56 Å². The highest BCUT2D eigenvalue weighted by atomic mass is 32.2. The van der Waals surface area contributed by atoms with Crippen molar-refractivity contribution in [2.24, 2.45) is 0 Å². The third kappa shape index (κ3) is 5.47. The highest BCUT2D eigenvalue weighted by Crippen LogP contribution is 2.26. The molecule has 0 aliphatic heterocycles. The van der Waals surface area contributed by atoms with E-state index >= 15 is 0 Å². The van der Waals surface area contributed by atoms with E-state index in [1.165, 1.54) is 31.4 Å². The maximum absolute atomic E-state index is 13.3. The van der Waals surface area contributed by atoms with Crippen molar-refractivity contribution in [3.8, 4) is 5.75 Å². The molecule has 4 aromatic rings. The molecule has 0 saturated heterocycles. The second kappa shape index (κ2) is 10.3. The predicted molar refractivity (Wildman–Crippen MR) is 129 cm³/mol. The monoisotopic (exact) mass is 476 g/mol. The minimum atomic E-state index is -3.87. The van der Waals surface area contributed by atoms with Gasteiger partial charge in [-0.3, -0.25) is 9.52 Å². The van der Waals surface area contributed by atoms with Crippen molar-refractivity contribution in [2.45, 2.75) is 18.0 Å². The third-order valence-electron chi connectivity index (χ3n) is 5.19. The number of ether oxygens (including phenoxy) is 1. The van der Waals surface area contributed by atoms with Crippen LogP contribution in [0.25, 0.3) is 0 Å². The van der Waals surface area contributed by atoms with Crippen molar-refractivity contribution in [3.63, 3.8) is 0 Å². The lowest BCUT2D eigenvalue weighted by atomic mass is 10.1. The van der Waals surface area contributed by atoms with E-state index in [1.807, 2.05) is 36.4 Å². The van der Waals surface area contributed by atoms with Crippen LogP contribution in [0.3, 0.4) is 0 Å². The van der Waals surface area contributed by atoms with E-state index < -0.39 is 10.0 Å². The summed E-state index contributed by atoms with van der Waals surface area (Å²) in [5.41, 5.74) is 1.68. The predicted octanol–water partition coefficient (Wildman–Crippen LogP) is 4.93. The van der Waals surface area contributed by atoms with Gasteiger partial charge in [0.15, 0.2) is 0 Å². The Bertz CT molecular complexity index is 1340. The van der Waals surface area contributed by atoms with Crippen LogP contribution in [0.1, 0.15) is 21.7 Å². The number of amides is 1. The molecule has 1 N–H and O–H groups in total. The molecule has 8 heteroatoms. The molecule has 4 rings (SSSR count). The Hall–Kier alpha value is -4.04. The first-order chi connectivity index (χ1) is 16.5. The maximum atomic E-state index is 13.3. The number of furan rings is 1. The lowest BCUT2D eigenvalue weighted by molar-refractivity contribution is 0.0717. The Morgan fingerprint density at radius 3 is 2.26 bits per heavy atom.